The topological polar surface area (TPSA) is 70.5 Å². The first-order chi connectivity index (χ1) is 9.83. The van der Waals surface area contributed by atoms with Gasteiger partial charge in [0.25, 0.3) is 0 Å². The normalized spacial score (nSPS) is 19.3. The Bertz CT molecular complexity index is 257. The first-order valence-electron chi connectivity index (χ1n) is 8.38. The minimum Gasteiger partial charge on any atom is -0.381 e. The summed E-state index contributed by atoms with van der Waals surface area (Å²) < 4.78 is 11.5. The second-order valence-corrected chi connectivity index (χ2v) is 6.99. The fourth-order valence-corrected chi connectivity index (χ4v) is 2.76. The van der Waals surface area contributed by atoms with Crippen molar-refractivity contribution in [2.75, 3.05) is 26.8 Å². The first kappa shape index (κ1) is 20.8. The summed E-state index contributed by atoms with van der Waals surface area (Å²) in [7, 11) is 1.80. The van der Waals surface area contributed by atoms with Gasteiger partial charge in [0.05, 0.1) is 18.8 Å². The Morgan fingerprint density at radius 1 is 1.14 bits per heavy atom. The number of hydrogen-bond donors (Lipinski definition) is 2. The predicted molar refractivity (Wildman–Crippen MR) is 90.3 cm³/mol. The molecule has 0 heterocycles. The zero-order valence-corrected chi connectivity index (χ0v) is 15.0. The number of ether oxygens (including phenoxy) is 2. The maximum atomic E-state index is 5.97. The van der Waals surface area contributed by atoms with Crippen molar-refractivity contribution >= 4 is 0 Å². The van der Waals surface area contributed by atoms with Gasteiger partial charge in [0, 0.05) is 12.5 Å². The Morgan fingerprint density at radius 3 is 2.14 bits per heavy atom. The highest BCUT2D eigenvalue weighted by Gasteiger charge is 2.29. The summed E-state index contributed by atoms with van der Waals surface area (Å²) in [5, 5.41) is 0. The lowest BCUT2D eigenvalue weighted by molar-refractivity contribution is -0.00885. The number of nitrogens with two attached hydrogens (primary N) is 2. The van der Waals surface area contributed by atoms with E-state index in [1.807, 2.05) is 0 Å². The molecule has 0 aromatic heterocycles. The molecule has 0 radical (unpaired) electrons. The van der Waals surface area contributed by atoms with Crippen molar-refractivity contribution in [1.29, 1.82) is 0 Å². The van der Waals surface area contributed by atoms with Gasteiger partial charge in [-0.2, -0.15) is 0 Å². The lowest BCUT2D eigenvalue weighted by Crippen LogP contribution is -2.37. The number of hydrogen-bond acceptors (Lipinski definition) is 4. The van der Waals surface area contributed by atoms with Crippen LogP contribution in [0.25, 0.3) is 0 Å². The third-order valence-corrected chi connectivity index (χ3v) is 4.59. The molecule has 0 bridgehead atoms. The summed E-state index contributed by atoms with van der Waals surface area (Å²) in [6, 6.07) is 0. The molecule has 0 aromatic carbocycles. The maximum Gasteiger partial charge on any atom is 0.0636 e. The summed E-state index contributed by atoms with van der Waals surface area (Å²) in [6.07, 6.45) is 3.68. The molecule has 4 N–H and O–H groups in total. The molecular weight excluding hydrogens is 264 g/mol. The van der Waals surface area contributed by atoms with Gasteiger partial charge in [-0.3, -0.25) is 0 Å². The van der Waals surface area contributed by atoms with E-state index in [-0.39, 0.29) is 17.6 Å². The largest absolute Gasteiger partial charge is 0.381 e. The maximum absolute atomic E-state index is 5.97. The monoisotopic (exact) mass is 302 g/mol. The van der Waals surface area contributed by atoms with Gasteiger partial charge >= 0.3 is 0 Å². The SMILES string of the molecule is CCC(CN)C(OC)C(C)CCC(C)(CN)COC(C)C. The standard InChI is InChI=1S/C17H38N2O2/c1-7-15(10-18)16(20-6)14(4)8-9-17(5,11-19)12-21-13(2)3/h13-16H,7-12,18-19H2,1-6H3. The molecule has 4 atom stereocenters. The Balaban J connectivity index is 4.49. The predicted octanol–water partition coefficient (Wildman–Crippen LogP) is 2.79. The molecule has 0 aliphatic carbocycles. The van der Waals surface area contributed by atoms with Crippen molar-refractivity contribution < 1.29 is 9.47 Å². The van der Waals surface area contributed by atoms with E-state index in [0.29, 0.717) is 24.9 Å². The Labute approximate surface area is 131 Å². The summed E-state index contributed by atoms with van der Waals surface area (Å²) >= 11 is 0. The average molecular weight is 303 g/mol. The molecule has 4 nitrogen and oxygen atoms in total. The zero-order valence-electron chi connectivity index (χ0n) is 15.0. The van der Waals surface area contributed by atoms with Crippen LogP contribution in [0.3, 0.4) is 0 Å². The highest BCUT2D eigenvalue weighted by molar-refractivity contribution is 4.80. The molecule has 21 heavy (non-hydrogen) atoms. The molecule has 0 saturated carbocycles. The summed E-state index contributed by atoms with van der Waals surface area (Å²) in [5.41, 5.74) is 11.9. The average Bonchev–Trinajstić information content (AvgIpc) is 2.48. The van der Waals surface area contributed by atoms with E-state index < -0.39 is 0 Å². The van der Waals surface area contributed by atoms with Gasteiger partial charge in [-0.25, -0.2) is 0 Å². The molecule has 0 aromatic rings. The van der Waals surface area contributed by atoms with E-state index in [2.05, 4.69) is 34.6 Å². The van der Waals surface area contributed by atoms with Crippen molar-refractivity contribution in [3.8, 4) is 0 Å². The van der Waals surface area contributed by atoms with Crippen molar-refractivity contribution in [2.45, 2.75) is 66.1 Å². The first-order valence-corrected chi connectivity index (χ1v) is 8.38. The van der Waals surface area contributed by atoms with E-state index in [1.165, 1.54) is 0 Å². The summed E-state index contributed by atoms with van der Waals surface area (Å²) in [6.45, 7) is 12.8. The van der Waals surface area contributed by atoms with Crippen LogP contribution in [0.2, 0.25) is 0 Å². The van der Waals surface area contributed by atoms with Crippen molar-refractivity contribution in [3.05, 3.63) is 0 Å². The Morgan fingerprint density at radius 2 is 1.76 bits per heavy atom. The minimum absolute atomic E-state index is 0.0429. The van der Waals surface area contributed by atoms with Crippen LogP contribution in [-0.4, -0.2) is 39.0 Å². The number of rotatable bonds is 12. The van der Waals surface area contributed by atoms with Gasteiger partial charge in [0.15, 0.2) is 0 Å². The quantitative estimate of drug-likeness (QED) is 0.581. The molecule has 0 spiro atoms. The second-order valence-electron chi connectivity index (χ2n) is 6.99. The van der Waals surface area contributed by atoms with Gasteiger partial charge in [-0.15, -0.1) is 0 Å². The van der Waals surface area contributed by atoms with Crippen LogP contribution in [0.5, 0.6) is 0 Å². The molecular formula is C17H38N2O2. The third kappa shape index (κ3) is 7.59. The van der Waals surface area contributed by atoms with Crippen LogP contribution in [-0.2, 0) is 9.47 Å². The molecule has 4 heteroatoms. The summed E-state index contributed by atoms with van der Waals surface area (Å²) in [4.78, 5) is 0. The van der Waals surface area contributed by atoms with E-state index in [4.69, 9.17) is 20.9 Å². The van der Waals surface area contributed by atoms with E-state index >= 15 is 0 Å². The van der Waals surface area contributed by atoms with Crippen LogP contribution in [0.15, 0.2) is 0 Å². The van der Waals surface area contributed by atoms with Crippen LogP contribution in [0, 0.1) is 17.3 Å². The van der Waals surface area contributed by atoms with Crippen LogP contribution < -0.4 is 11.5 Å². The molecule has 0 fully saturated rings. The lowest BCUT2D eigenvalue weighted by atomic mass is 9.80. The second kappa shape index (κ2) is 10.5. The zero-order chi connectivity index (χ0) is 16.5. The van der Waals surface area contributed by atoms with Crippen LogP contribution >= 0.6 is 0 Å². The molecule has 0 aliphatic rings. The fraction of sp³-hybridized carbons (Fsp3) is 1.00. The molecule has 0 rings (SSSR count). The summed E-state index contributed by atoms with van der Waals surface area (Å²) in [5.74, 6) is 0.912. The Kier molecular flexibility index (Phi) is 10.5. The smallest absolute Gasteiger partial charge is 0.0636 e. The third-order valence-electron chi connectivity index (χ3n) is 4.59. The van der Waals surface area contributed by atoms with Gasteiger partial charge in [0.1, 0.15) is 0 Å². The highest BCUT2D eigenvalue weighted by atomic mass is 16.5. The number of methoxy groups -OCH3 is 1. The van der Waals surface area contributed by atoms with Crippen molar-refractivity contribution in [1.82, 2.24) is 0 Å². The van der Waals surface area contributed by atoms with Crippen LogP contribution in [0.1, 0.15) is 53.9 Å². The van der Waals surface area contributed by atoms with Gasteiger partial charge in [-0.05, 0) is 58.0 Å². The van der Waals surface area contributed by atoms with Gasteiger partial charge in [0.2, 0.25) is 0 Å². The van der Waals surface area contributed by atoms with Crippen molar-refractivity contribution in [3.63, 3.8) is 0 Å². The molecule has 0 saturated heterocycles. The molecule has 0 aliphatic heterocycles. The highest BCUT2D eigenvalue weighted by Crippen LogP contribution is 2.29. The molecule has 128 valence electrons. The van der Waals surface area contributed by atoms with E-state index in [1.54, 1.807) is 7.11 Å². The Hall–Kier alpha value is -0.160. The lowest BCUT2D eigenvalue weighted by Gasteiger charge is -2.33. The fourth-order valence-electron chi connectivity index (χ4n) is 2.76. The molecule has 4 unspecified atom stereocenters. The van der Waals surface area contributed by atoms with Crippen molar-refractivity contribution in [2.24, 2.45) is 28.7 Å². The minimum atomic E-state index is 0.0429. The van der Waals surface area contributed by atoms with Crippen LogP contribution in [0.4, 0.5) is 0 Å². The van der Waals surface area contributed by atoms with Gasteiger partial charge < -0.3 is 20.9 Å². The molecule has 0 amide bonds. The van der Waals surface area contributed by atoms with E-state index in [0.717, 1.165) is 25.9 Å². The van der Waals surface area contributed by atoms with E-state index in [9.17, 15) is 0 Å². The van der Waals surface area contributed by atoms with Gasteiger partial charge in [-0.1, -0.05) is 20.8 Å².